The summed E-state index contributed by atoms with van der Waals surface area (Å²) in [6.45, 7) is 1.93. The molecule has 1 aromatic carbocycles. The zero-order valence-corrected chi connectivity index (χ0v) is 10.3. The monoisotopic (exact) mass is 262 g/mol. The first-order valence-corrected chi connectivity index (χ1v) is 5.89. The summed E-state index contributed by atoms with van der Waals surface area (Å²) < 4.78 is 0. The van der Waals surface area contributed by atoms with Gasteiger partial charge >= 0.3 is 5.69 Å². The highest BCUT2D eigenvalue weighted by Crippen LogP contribution is 2.36. The number of nitrogens with two attached hydrogens (primary N) is 1. The van der Waals surface area contributed by atoms with Crippen LogP contribution in [0.2, 0.25) is 0 Å². The number of hydrogen-bond acceptors (Lipinski definition) is 6. The van der Waals surface area contributed by atoms with Crippen molar-refractivity contribution < 1.29 is 4.92 Å². The lowest BCUT2D eigenvalue weighted by molar-refractivity contribution is -0.387. The number of nitrogen functional groups attached to an aromatic ring is 1. The van der Waals surface area contributed by atoms with Gasteiger partial charge in [-0.15, -0.1) is 0 Å². The van der Waals surface area contributed by atoms with Gasteiger partial charge in [0, 0.05) is 4.90 Å². The molecule has 92 valence electrons. The lowest BCUT2D eigenvalue weighted by Gasteiger charge is -2.05. The zero-order chi connectivity index (χ0) is 13.1. The van der Waals surface area contributed by atoms with Crippen LogP contribution < -0.4 is 5.73 Å². The maximum Gasteiger partial charge on any atom is 0.343 e. The molecule has 1 aromatic heterocycles. The van der Waals surface area contributed by atoms with E-state index in [0.717, 1.165) is 10.5 Å². The first-order chi connectivity index (χ1) is 8.59. The van der Waals surface area contributed by atoms with Gasteiger partial charge in [0.15, 0.2) is 5.03 Å². The Labute approximate surface area is 107 Å². The van der Waals surface area contributed by atoms with Crippen LogP contribution in [0.15, 0.2) is 40.5 Å². The maximum absolute atomic E-state index is 10.9. The van der Waals surface area contributed by atoms with Gasteiger partial charge in [0.1, 0.15) is 6.33 Å². The first kappa shape index (κ1) is 12.3. The van der Waals surface area contributed by atoms with Crippen molar-refractivity contribution in [2.24, 2.45) is 0 Å². The van der Waals surface area contributed by atoms with Gasteiger partial charge in [-0.1, -0.05) is 30.0 Å². The summed E-state index contributed by atoms with van der Waals surface area (Å²) in [5.41, 5.74) is 6.29. The van der Waals surface area contributed by atoms with Crippen molar-refractivity contribution in [1.82, 2.24) is 9.97 Å². The topological polar surface area (TPSA) is 94.9 Å². The molecule has 0 amide bonds. The predicted octanol–water partition coefficient (Wildman–Crippen LogP) is 2.43. The summed E-state index contributed by atoms with van der Waals surface area (Å²) in [4.78, 5) is 18.9. The Morgan fingerprint density at radius 1 is 1.33 bits per heavy atom. The number of anilines is 1. The van der Waals surface area contributed by atoms with E-state index in [1.165, 1.54) is 18.1 Å². The molecular formula is C11H10N4O2S. The highest BCUT2D eigenvalue weighted by Gasteiger charge is 2.21. The Bertz CT molecular complexity index is 603. The van der Waals surface area contributed by atoms with Gasteiger partial charge in [-0.25, -0.2) is 9.97 Å². The van der Waals surface area contributed by atoms with Crippen LogP contribution in [0.5, 0.6) is 0 Å². The van der Waals surface area contributed by atoms with Gasteiger partial charge < -0.3 is 5.73 Å². The van der Waals surface area contributed by atoms with Gasteiger partial charge in [0.05, 0.1) is 4.92 Å². The van der Waals surface area contributed by atoms with Gasteiger partial charge in [0.25, 0.3) is 0 Å². The maximum atomic E-state index is 10.9. The van der Waals surface area contributed by atoms with Crippen LogP contribution in [0.3, 0.4) is 0 Å². The fraction of sp³-hybridized carbons (Fsp3) is 0.0909. The molecule has 0 fully saturated rings. The molecule has 1 heterocycles. The third kappa shape index (κ3) is 2.40. The Morgan fingerprint density at radius 2 is 2.06 bits per heavy atom. The van der Waals surface area contributed by atoms with Crippen LogP contribution in [0.1, 0.15) is 5.56 Å². The molecule has 0 spiro atoms. The van der Waals surface area contributed by atoms with Crippen LogP contribution >= 0.6 is 11.8 Å². The molecule has 7 heteroatoms. The standard InChI is InChI=1S/C11H10N4O2S/c1-7-4-2-3-5-8(7)18-11-9(15(16)17)10(12)13-6-14-11/h2-6H,1H3,(H2,12,13,14). The number of aromatic nitrogens is 2. The lowest BCUT2D eigenvalue weighted by atomic mass is 10.2. The molecule has 0 bridgehead atoms. The fourth-order valence-corrected chi connectivity index (χ4v) is 2.36. The summed E-state index contributed by atoms with van der Waals surface area (Å²) in [6.07, 6.45) is 1.23. The number of nitrogens with zero attached hydrogens (tertiary/aromatic N) is 3. The van der Waals surface area contributed by atoms with Crippen molar-refractivity contribution in [1.29, 1.82) is 0 Å². The Hall–Kier alpha value is -2.15. The summed E-state index contributed by atoms with van der Waals surface area (Å²) in [6, 6.07) is 7.58. The quantitative estimate of drug-likeness (QED) is 0.518. The Morgan fingerprint density at radius 3 is 2.72 bits per heavy atom. The number of nitro groups is 1. The SMILES string of the molecule is Cc1ccccc1Sc1ncnc(N)c1[N+](=O)[O-]. The molecule has 0 saturated heterocycles. The normalized spacial score (nSPS) is 10.3. The van der Waals surface area contributed by atoms with E-state index in [1.807, 2.05) is 31.2 Å². The smallest absolute Gasteiger partial charge is 0.343 e. The molecule has 2 aromatic rings. The minimum absolute atomic E-state index is 0.119. The molecule has 0 aliphatic heterocycles. The summed E-state index contributed by atoms with van der Waals surface area (Å²) in [5, 5.41) is 11.2. The van der Waals surface area contributed by atoms with Crippen LogP contribution in [-0.2, 0) is 0 Å². The van der Waals surface area contributed by atoms with Crippen molar-refractivity contribution in [2.75, 3.05) is 5.73 Å². The molecule has 0 radical (unpaired) electrons. The largest absolute Gasteiger partial charge is 0.378 e. The van der Waals surface area contributed by atoms with E-state index in [4.69, 9.17) is 5.73 Å². The van der Waals surface area contributed by atoms with Crippen LogP contribution in [0, 0.1) is 17.0 Å². The van der Waals surface area contributed by atoms with E-state index in [0.29, 0.717) is 0 Å². The van der Waals surface area contributed by atoms with E-state index in [-0.39, 0.29) is 16.5 Å². The average molecular weight is 262 g/mol. The Balaban J connectivity index is 2.44. The molecule has 6 nitrogen and oxygen atoms in total. The van der Waals surface area contributed by atoms with Gasteiger partial charge in [-0.05, 0) is 18.6 Å². The van der Waals surface area contributed by atoms with E-state index >= 15 is 0 Å². The third-order valence-corrected chi connectivity index (χ3v) is 3.47. The van der Waals surface area contributed by atoms with Crippen molar-refractivity contribution in [3.8, 4) is 0 Å². The number of benzene rings is 1. The van der Waals surface area contributed by atoms with Crippen LogP contribution in [-0.4, -0.2) is 14.9 Å². The minimum Gasteiger partial charge on any atom is -0.378 e. The summed E-state index contributed by atoms with van der Waals surface area (Å²) in [7, 11) is 0. The minimum atomic E-state index is -0.560. The molecule has 2 N–H and O–H groups in total. The Kier molecular flexibility index (Phi) is 3.42. The summed E-state index contributed by atoms with van der Waals surface area (Å²) in [5.74, 6) is -0.119. The van der Waals surface area contributed by atoms with Crippen molar-refractivity contribution >= 4 is 23.3 Å². The fourth-order valence-electron chi connectivity index (χ4n) is 1.40. The van der Waals surface area contributed by atoms with Gasteiger partial charge in [-0.2, -0.15) is 0 Å². The van der Waals surface area contributed by atoms with E-state index in [2.05, 4.69) is 9.97 Å². The second-order valence-corrected chi connectivity index (χ2v) is 4.57. The predicted molar refractivity (Wildman–Crippen MR) is 68.4 cm³/mol. The molecule has 0 atom stereocenters. The molecule has 18 heavy (non-hydrogen) atoms. The average Bonchev–Trinajstić information content (AvgIpc) is 2.31. The van der Waals surface area contributed by atoms with E-state index < -0.39 is 4.92 Å². The number of rotatable bonds is 3. The molecular weight excluding hydrogens is 252 g/mol. The van der Waals surface area contributed by atoms with Gasteiger partial charge in [0.2, 0.25) is 5.82 Å². The zero-order valence-electron chi connectivity index (χ0n) is 9.53. The summed E-state index contributed by atoms with van der Waals surface area (Å²) >= 11 is 1.21. The van der Waals surface area contributed by atoms with Crippen LogP contribution in [0.25, 0.3) is 0 Å². The number of aryl methyl sites for hydroxylation is 1. The van der Waals surface area contributed by atoms with E-state index in [1.54, 1.807) is 0 Å². The number of hydrogen-bond donors (Lipinski definition) is 1. The highest BCUT2D eigenvalue weighted by molar-refractivity contribution is 7.99. The van der Waals surface area contributed by atoms with Gasteiger partial charge in [-0.3, -0.25) is 10.1 Å². The first-order valence-electron chi connectivity index (χ1n) is 5.08. The third-order valence-electron chi connectivity index (χ3n) is 2.30. The van der Waals surface area contributed by atoms with Crippen LogP contribution in [0.4, 0.5) is 11.5 Å². The highest BCUT2D eigenvalue weighted by atomic mass is 32.2. The molecule has 2 rings (SSSR count). The lowest BCUT2D eigenvalue weighted by Crippen LogP contribution is -2.01. The van der Waals surface area contributed by atoms with Crippen molar-refractivity contribution in [2.45, 2.75) is 16.8 Å². The van der Waals surface area contributed by atoms with Crippen molar-refractivity contribution in [3.63, 3.8) is 0 Å². The second-order valence-electron chi connectivity index (χ2n) is 3.54. The molecule has 0 saturated carbocycles. The van der Waals surface area contributed by atoms with E-state index in [9.17, 15) is 10.1 Å². The molecule has 0 unspecified atom stereocenters. The molecule has 0 aliphatic carbocycles. The second kappa shape index (κ2) is 5.01. The molecule has 0 aliphatic rings. The van der Waals surface area contributed by atoms with Crippen molar-refractivity contribution in [3.05, 3.63) is 46.3 Å².